The summed E-state index contributed by atoms with van der Waals surface area (Å²) in [5.74, 6) is 0.154. The molecule has 16 nitrogen and oxygen atoms in total. The number of nitrogen functional groups attached to an aromatic ring is 1. The molecule has 0 bridgehead atoms. The number of hydrogen-bond donors (Lipinski definition) is 6. The Hall–Kier alpha value is -0.900. The zero-order chi connectivity index (χ0) is 22.3. The van der Waals surface area contributed by atoms with Crippen LogP contribution in [0.4, 0.5) is 5.82 Å². The molecule has 30 heavy (non-hydrogen) atoms. The molecule has 2 aromatic heterocycles. The number of ether oxygens (including phenoxy) is 1. The van der Waals surface area contributed by atoms with Gasteiger partial charge in [0, 0.05) is 6.42 Å². The predicted octanol–water partition coefficient (Wildman–Crippen LogP) is -0.483. The zero-order valence-corrected chi connectivity index (χ0v) is 18.1. The van der Waals surface area contributed by atoms with Gasteiger partial charge in [0.05, 0.1) is 19.0 Å². The maximum atomic E-state index is 11.5. The number of aliphatic hydroxyl groups is 1. The van der Waals surface area contributed by atoms with Crippen molar-refractivity contribution in [1.82, 2.24) is 19.5 Å². The van der Waals surface area contributed by atoms with Gasteiger partial charge in [0.25, 0.3) is 0 Å². The molecule has 20 heteroatoms. The van der Waals surface area contributed by atoms with Crippen LogP contribution in [0, 0.1) is 0 Å². The van der Waals surface area contributed by atoms with Crippen molar-refractivity contribution in [3.05, 3.63) is 12.7 Å². The van der Waals surface area contributed by atoms with E-state index < -0.39 is 47.4 Å². The van der Waals surface area contributed by atoms with Gasteiger partial charge in [0.1, 0.15) is 24.2 Å². The van der Waals surface area contributed by atoms with E-state index in [1.807, 2.05) is 0 Å². The average Bonchev–Trinajstić information content (AvgIpc) is 3.14. The normalized spacial score (nSPS) is 26.5. The van der Waals surface area contributed by atoms with Gasteiger partial charge < -0.3 is 39.7 Å². The van der Waals surface area contributed by atoms with Crippen LogP contribution < -0.4 is 5.73 Å². The quantitative estimate of drug-likeness (QED) is 0.247. The lowest BCUT2D eigenvalue weighted by Crippen LogP contribution is -2.26. The fourth-order valence-electron chi connectivity index (χ4n) is 2.59. The summed E-state index contributed by atoms with van der Waals surface area (Å²) in [4.78, 5) is 48.2. The van der Waals surface area contributed by atoms with E-state index in [0.29, 0.717) is 11.2 Å². The lowest BCUT2D eigenvalue weighted by molar-refractivity contribution is -0.0399. The third kappa shape index (κ3) is 5.87. The van der Waals surface area contributed by atoms with Crippen LogP contribution in [0.15, 0.2) is 12.7 Å². The molecule has 3 unspecified atom stereocenters. The smallest absolute Gasteiger partial charge is 0.390 e. The number of nitrogens with two attached hydrogens (primary N) is 1. The average molecular weight is 507 g/mol. The highest BCUT2D eigenvalue weighted by Gasteiger charge is 2.41. The summed E-state index contributed by atoms with van der Waals surface area (Å²) < 4.78 is 41.8. The van der Waals surface area contributed by atoms with E-state index in [1.54, 1.807) is 0 Å². The zero-order valence-electron chi connectivity index (χ0n) is 14.6. The van der Waals surface area contributed by atoms with Crippen LogP contribution in [0.3, 0.4) is 0 Å². The SMILES string of the molecule is Nc1ncnc2c1ncn2C1C[C@H](O)[C@@H](COP(O)(=S)OP(=O)(O)OP(=O)(O)O)O1. The van der Waals surface area contributed by atoms with Crippen LogP contribution in [0.25, 0.3) is 11.2 Å². The van der Waals surface area contributed by atoms with Crippen LogP contribution >= 0.6 is 22.4 Å². The summed E-state index contributed by atoms with van der Waals surface area (Å²) >= 11 is 4.51. The molecule has 3 rings (SSSR count). The van der Waals surface area contributed by atoms with Crippen molar-refractivity contribution in [2.75, 3.05) is 12.3 Å². The summed E-state index contributed by atoms with van der Waals surface area (Å²) in [6, 6.07) is 0. The van der Waals surface area contributed by atoms with Crippen LogP contribution in [0.1, 0.15) is 12.6 Å². The Morgan fingerprint density at radius 2 is 1.93 bits per heavy atom. The van der Waals surface area contributed by atoms with E-state index in [2.05, 4.69) is 35.4 Å². The Labute approximate surface area is 172 Å². The number of aromatic nitrogens is 4. The molecule has 7 N–H and O–H groups in total. The first kappa shape index (κ1) is 23.8. The molecule has 168 valence electrons. The van der Waals surface area contributed by atoms with Gasteiger partial charge in [-0.3, -0.25) is 4.57 Å². The monoisotopic (exact) mass is 507 g/mol. The van der Waals surface area contributed by atoms with Crippen molar-refractivity contribution in [1.29, 1.82) is 0 Å². The standard InChI is InChI=1S/C10H16N5O11P3S/c11-9-8-10(13-3-12-9)15(4-14-8)7-1-5(16)6(24-7)2-23-29(22,30)26-28(20,21)25-27(17,18)19/h3-7,16H,1-2H2,(H,20,21)(H,22,30)(H2,11,12,13)(H2,17,18,19)/t5-,6+,7?,29?/m0/s1. The van der Waals surface area contributed by atoms with Gasteiger partial charge in [-0.15, -0.1) is 0 Å². The Balaban J connectivity index is 1.64. The Kier molecular flexibility index (Phi) is 6.78. The van der Waals surface area contributed by atoms with Gasteiger partial charge >= 0.3 is 22.4 Å². The van der Waals surface area contributed by atoms with Gasteiger partial charge in [-0.25, -0.2) is 28.4 Å². The number of nitrogens with zero attached hydrogens (tertiary/aromatic N) is 4. The molecule has 0 saturated carbocycles. The highest BCUT2D eigenvalue weighted by Crippen LogP contribution is 2.66. The number of rotatable bonds is 8. The van der Waals surface area contributed by atoms with Crippen LogP contribution in [0.2, 0.25) is 0 Å². The van der Waals surface area contributed by atoms with E-state index in [4.69, 9.17) is 24.8 Å². The third-order valence-electron chi connectivity index (χ3n) is 3.72. The molecule has 1 aliphatic heterocycles. The Morgan fingerprint density at radius 3 is 2.60 bits per heavy atom. The second kappa shape index (κ2) is 8.56. The van der Waals surface area contributed by atoms with Gasteiger partial charge in [0.2, 0.25) is 0 Å². The second-order valence-corrected chi connectivity index (χ2v) is 11.7. The molecule has 0 amide bonds. The second-order valence-electron chi connectivity index (χ2n) is 5.90. The minimum Gasteiger partial charge on any atom is -0.390 e. The predicted molar refractivity (Wildman–Crippen MR) is 101 cm³/mol. The van der Waals surface area contributed by atoms with E-state index in [9.17, 15) is 24.0 Å². The molecular weight excluding hydrogens is 491 g/mol. The lowest BCUT2D eigenvalue weighted by Gasteiger charge is -2.21. The molecule has 0 aliphatic carbocycles. The Bertz CT molecular complexity index is 1080. The molecule has 1 aliphatic rings. The van der Waals surface area contributed by atoms with Crippen molar-refractivity contribution < 1.29 is 51.7 Å². The van der Waals surface area contributed by atoms with Crippen molar-refractivity contribution >= 4 is 51.2 Å². The summed E-state index contributed by atoms with van der Waals surface area (Å²) in [5.41, 5.74) is 6.40. The van der Waals surface area contributed by atoms with Crippen molar-refractivity contribution in [2.45, 2.75) is 24.9 Å². The summed E-state index contributed by atoms with van der Waals surface area (Å²) in [5, 5.41) is 10.2. The summed E-state index contributed by atoms with van der Waals surface area (Å²) in [7, 11) is -10.8. The van der Waals surface area contributed by atoms with Crippen LogP contribution in [-0.4, -0.2) is 63.0 Å². The van der Waals surface area contributed by atoms with Crippen LogP contribution in [0.5, 0.6) is 0 Å². The highest BCUT2D eigenvalue weighted by molar-refractivity contribution is 8.08. The van der Waals surface area contributed by atoms with Gasteiger partial charge in [-0.05, 0) is 11.8 Å². The Morgan fingerprint density at radius 1 is 1.23 bits per heavy atom. The molecule has 0 aromatic carbocycles. The molecule has 3 heterocycles. The van der Waals surface area contributed by atoms with E-state index in [-0.39, 0.29) is 12.2 Å². The lowest BCUT2D eigenvalue weighted by atomic mass is 10.2. The molecular formula is C10H16N5O11P3S. The van der Waals surface area contributed by atoms with Gasteiger partial charge in [-0.2, -0.15) is 4.31 Å². The van der Waals surface area contributed by atoms with Gasteiger partial charge in [0.15, 0.2) is 11.5 Å². The number of hydrogen-bond acceptors (Lipinski definition) is 12. The van der Waals surface area contributed by atoms with Crippen molar-refractivity contribution in [2.24, 2.45) is 0 Å². The molecule has 1 saturated heterocycles. The van der Waals surface area contributed by atoms with Crippen molar-refractivity contribution in [3.63, 3.8) is 0 Å². The maximum Gasteiger partial charge on any atom is 0.488 e. The van der Waals surface area contributed by atoms with Crippen molar-refractivity contribution in [3.8, 4) is 0 Å². The van der Waals surface area contributed by atoms with E-state index in [0.717, 1.165) is 0 Å². The summed E-state index contributed by atoms with van der Waals surface area (Å²) in [6.45, 7) is -5.08. The first-order valence-electron chi connectivity index (χ1n) is 7.81. The van der Waals surface area contributed by atoms with E-state index in [1.165, 1.54) is 17.2 Å². The topological polar surface area (TPSA) is 242 Å². The molecule has 0 radical (unpaired) electrons. The fourth-order valence-corrected chi connectivity index (χ4v) is 6.56. The largest absolute Gasteiger partial charge is 0.488 e. The first-order valence-corrected chi connectivity index (χ1v) is 13.4. The van der Waals surface area contributed by atoms with Gasteiger partial charge in [-0.1, -0.05) is 0 Å². The van der Waals surface area contributed by atoms with E-state index >= 15 is 0 Å². The highest BCUT2D eigenvalue weighted by atomic mass is 32.5. The number of anilines is 1. The van der Waals surface area contributed by atoms with Crippen LogP contribution in [-0.2, 0) is 38.8 Å². The number of fused-ring (bicyclic) bond motifs is 1. The third-order valence-corrected chi connectivity index (χ3v) is 8.44. The fraction of sp³-hybridized carbons (Fsp3) is 0.500. The molecule has 2 aromatic rings. The maximum absolute atomic E-state index is 11.5. The molecule has 1 fully saturated rings. The molecule has 5 atom stereocenters. The minimum absolute atomic E-state index is 0.0678. The number of imidazole rings is 1. The molecule has 0 spiro atoms. The number of aliphatic hydroxyl groups excluding tert-OH is 1. The first-order chi connectivity index (χ1) is 13.8. The number of phosphoric acid groups is 2. The minimum atomic E-state index is -5.43. The summed E-state index contributed by atoms with van der Waals surface area (Å²) in [6.07, 6.45) is -0.213.